The Morgan fingerprint density at radius 3 is 2.63 bits per heavy atom. The predicted octanol–water partition coefficient (Wildman–Crippen LogP) is 3.36. The Morgan fingerprint density at radius 2 is 2.05 bits per heavy atom. The number of alkyl halides is 1. The minimum Gasteiger partial charge on any atom is -0.341 e. The van der Waals surface area contributed by atoms with Crippen LogP contribution < -0.4 is 0 Å². The van der Waals surface area contributed by atoms with Crippen molar-refractivity contribution in [3.63, 3.8) is 0 Å². The molecule has 1 aliphatic carbocycles. The van der Waals surface area contributed by atoms with Crippen molar-refractivity contribution in [2.75, 3.05) is 13.6 Å². The summed E-state index contributed by atoms with van der Waals surface area (Å²) in [7, 11) is 1.56. The fourth-order valence-corrected chi connectivity index (χ4v) is 2.82. The molecule has 2 nitrogen and oxygen atoms in total. The summed E-state index contributed by atoms with van der Waals surface area (Å²) in [6.45, 7) is 1.99. The molecule has 0 unspecified atom stereocenters. The topological polar surface area (TPSA) is 20.3 Å². The molecule has 0 bridgehead atoms. The van der Waals surface area contributed by atoms with Crippen molar-refractivity contribution in [1.82, 2.24) is 4.90 Å². The number of aryl methyl sites for hydroxylation is 1. The van der Waals surface area contributed by atoms with Crippen LogP contribution in [0.2, 0.25) is 0 Å². The fraction of sp³-hybridized carbons (Fsp3) is 0.500. The van der Waals surface area contributed by atoms with Gasteiger partial charge in [0, 0.05) is 19.0 Å². The first-order valence-corrected chi connectivity index (χ1v) is 6.68. The van der Waals surface area contributed by atoms with Crippen molar-refractivity contribution in [2.45, 2.75) is 25.1 Å². The Bertz CT molecular complexity index is 500. The van der Waals surface area contributed by atoms with E-state index in [4.69, 9.17) is 11.6 Å². The maximum Gasteiger partial charge on any atom is 0.259 e. The lowest BCUT2D eigenvalue weighted by Crippen LogP contribution is -2.38. The number of hydrogen-bond donors (Lipinski definition) is 0. The third-order valence-corrected chi connectivity index (χ3v) is 3.91. The van der Waals surface area contributed by atoms with Crippen LogP contribution in [0.5, 0.6) is 0 Å². The third kappa shape index (κ3) is 2.89. The van der Waals surface area contributed by atoms with Gasteiger partial charge in [0.1, 0.15) is 17.2 Å². The molecule has 104 valence electrons. The number of rotatable bonds is 3. The van der Waals surface area contributed by atoms with E-state index in [9.17, 15) is 13.6 Å². The smallest absolute Gasteiger partial charge is 0.259 e. The van der Waals surface area contributed by atoms with E-state index in [0.717, 1.165) is 18.9 Å². The summed E-state index contributed by atoms with van der Waals surface area (Å²) in [6.07, 6.45) is 1.69. The summed E-state index contributed by atoms with van der Waals surface area (Å²) >= 11 is 5.87. The van der Waals surface area contributed by atoms with E-state index in [1.165, 1.54) is 17.9 Å². The van der Waals surface area contributed by atoms with Crippen molar-refractivity contribution >= 4 is 17.5 Å². The lowest BCUT2D eigenvalue weighted by molar-refractivity contribution is 0.0737. The van der Waals surface area contributed by atoms with Crippen molar-refractivity contribution in [2.24, 2.45) is 5.92 Å². The highest BCUT2D eigenvalue weighted by molar-refractivity contribution is 6.21. The van der Waals surface area contributed by atoms with E-state index in [2.05, 4.69) is 0 Å². The van der Waals surface area contributed by atoms with Crippen LogP contribution in [-0.2, 0) is 0 Å². The molecule has 1 saturated carbocycles. The second kappa shape index (κ2) is 5.45. The van der Waals surface area contributed by atoms with Crippen LogP contribution in [0.15, 0.2) is 12.1 Å². The number of benzene rings is 1. The summed E-state index contributed by atoms with van der Waals surface area (Å²) in [5, 5.41) is 0.168. The molecule has 5 heteroatoms. The van der Waals surface area contributed by atoms with Gasteiger partial charge in [-0.25, -0.2) is 8.78 Å². The molecule has 0 N–H and O–H groups in total. The van der Waals surface area contributed by atoms with Gasteiger partial charge in [-0.3, -0.25) is 4.79 Å². The normalized spacial score (nSPS) is 21.9. The largest absolute Gasteiger partial charge is 0.341 e. The van der Waals surface area contributed by atoms with Gasteiger partial charge in [0.15, 0.2) is 0 Å². The first kappa shape index (κ1) is 14.3. The number of nitrogens with zero attached hydrogens (tertiary/aromatic N) is 1. The van der Waals surface area contributed by atoms with Gasteiger partial charge in [-0.15, -0.1) is 11.6 Å². The molecule has 0 radical (unpaired) electrons. The van der Waals surface area contributed by atoms with Crippen LogP contribution >= 0.6 is 11.6 Å². The summed E-state index contributed by atoms with van der Waals surface area (Å²) in [5.41, 5.74) is -0.202. The third-order valence-electron chi connectivity index (χ3n) is 3.55. The van der Waals surface area contributed by atoms with Crippen LogP contribution in [-0.4, -0.2) is 29.8 Å². The average Bonchev–Trinajstić information content (AvgIpc) is 2.32. The zero-order valence-electron chi connectivity index (χ0n) is 10.9. The SMILES string of the molecule is Cc1ccc(F)c(C(=O)N(C)CC2CC(Cl)C2)c1F. The molecule has 0 atom stereocenters. The van der Waals surface area contributed by atoms with Crippen LogP contribution in [0.1, 0.15) is 28.8 Å². The van der Waals surface area contributed by atoms with Crippen LogP contribution in [0.3, 0.4) is 0 Å². The lowest BCUT2D eigenvalue weighted by Gasteiger charge is -2.34. The molecule has 0 aromatic heterocycles. The summed E-state index contributed by atoms with van der Waals surface area (Å²) in [5.74, 6) is -1.88. The Kier molecular flexibility index (Phi) is 4.09. The zero-order valence-corrected chi connectivity index (χ0v) is 11.7. The average molecular weight is 288 g/mol. The Balaban J connectivity index is 2.13. The molecule has 0 saturated heterocycles. The molecule has 1 aliphatic rings. The van der Waals surface area contributed by atoms with Crippen molar-refractivity contribution in [3.8, 4) is 0 Å². The van der Waals surface area contributed by atoms with E-state index in [-0.39, 0.29) is 10.9 Å². The van der Waals surface area contributed by atoms with Gasteiger partial charge in [0.2, 0.25) is 0 Å². The standard InChI is InChI=1S/C14H16ClF2NO/c1-8-3-4-11(16)12(13(8)17)14(19)18(2)7-9-5-10(15)6-9/h3-4,9-10H,5-7H2,1-2H3. The van der Waals surface area contributed by atoms with Gasteiger partial charge >= 0.3 is 0 Å². The van der Waals surface area contributed by atoms with Crippen molar-refractivity contribution < 1.29 is 13.6 Å². The molecule has 0 spiro atoms. The first-order valence-electron chi connectivity index (χ1n) is 6.24. The van der Waals surface area contributed by atoms with E-state index in [1.54, 1.807) is 7.05 Å². The minimum atomic E-state index is -0.816. The number of amides is 1. The molecule has 1 aromatic carbocycles. The summed E-state index contributed by atoms with van der Waals surface area (Å²) < 4.78 is 27.5. The molecule has 2 rings (SSSR count). The van der Waals surface area contributed by atoms with Crippen LogP contribution in [0.25, 0.3) is 0 Å². The van der Waals surface area contributed by atoms with Crippen LogP contribution in [0.4, 0.5) is 8.78 Å². The van der Waals surface area contributed by atoms with E-state index in [1.807, 2.05) is 0 Å². The molecule has 1 amide bonds. The maximum atomic E-state index is 13.9. The number of carbonyl (C=O) groups excluding carboxylic acids is 1. The molecule has 0 aliphatic heterocycles. The Labute approximate surface area is 116 Å². The highest BCUT2D eigenvalue weighted by Crippen LogP contribution is 2.32. The van der Waals surface area contributed by atoms with E-state index >= 15 is 0 Å². The van der Waals surface area contributed by atoms with E-state index < -0.39 is 23.1 Å². The number of halogens is 3. The highest BCUT2D eigenvalue weighted by atomic mass is 35.5. The monoisotopic (exact) mass is 287 g/mol. The first-order chi connectivity index (χ1) is 8.90. The van der Waals surface area contributed by atoms with Gasteiger partial charge < -0.3 is 4.90 Å². The van der Waals surface area contributed by atoms with Crippen LogP contribution in [0, 0.1) is 24.5 Å². The molecule has 0 heterocycles. The second-order valence-electron chi connectivity index (χ2n) is 5.17. The Morgan fingerprint density at radius 1 is 1.42 bits per heavy atom. The van der Waals surface area contributed by atoms with Crippen molar-refractivity contribution in [1.29, 1.82) is 0 Å². The number of hydrogen-bond acceptors (Lipinski definition) is 1. The number of carbonyl (C=O) groups is 1. The predicted molar refractivity (Wildman–Crippen MR) is 70.4 cm³/mol. The molecule has 19 heavy (non-hydrogen) atoms. The highest BCUT2D eigenvalue weighted by Gasteiger charge is 2.30. The quantitative estimate of drug-likeness (QED) is 0.781. The molecular formula is C14H16ClF2NO. The van der Waals surface area contributed by atoms with Gasteiger partial charge in [0.05, 0.1) is 0 Å². The summed E-state index contributed by atoms with van der Waals surface area (Å²) in [6, 6.07) is 2.45. The van der Waals surface area contributed by atoms with Gasteiger partial charge in [-0.1, -0.05) is 6.07 Å². The maximum absolute atomic E-state index is 13.9. The lowest BCUT2D eigenvalue weighted by atomic mass is 9.84. The molecular weight excluding hydrogens is 272 g/mol. The second-order valence-corrected chi connectivity index (χ2v) is 5.79. The molecule has 1 fully saturated rings. The summed E-state index contributed by atoms with van der Waals surface area (Å²) in [4.78, 5) is 13.5. The fourth-order valence-electron chi connectivity index (χ4n) is 2.32. The van der Waals surface area contributed by atoms with Gasteiger partial charge in [0.25, 0.3) is 5.91 Å². The van der Waals surface area contributed by atoms with Gasteiger partial charge in [-0.2, -0.15) is 0 Å². The van der Waals surface area contributed by atoms with Crippen molar-refractivity contribution in [3.05, 3.63) is 34.9 Å². The van der Waals surface area contributed by atoms with Gasteiger partial charge in [-0.05, 0) is 37.3 Å². The Hall–Kier alpha value is -1.16. The minimum absolute atomic E-state index is 0.168. The molecule has 1 aromatic rings. The zero-order chi connectivity index (χ0) is 14.2. The van der Waals surface area contributed by atoms with E-state index in [0.29, 0.717) is 12.5 Å².